The number of nitrogens with zero attached hydrogens (tertiary/aromatic N) is 2. The van der Waals surface area contributed by atoms with Crippen molar-refractivity contribution < 1.29 is 14.0 Å². The molecule has 1 aliphatic rings. The standard InChI is InChI=1S/C11H14N2O3/c1-9-2-3-10(16-9)11(15)13-6-4-12(8-14)5-7-13/h2-3,8H,4-7H2,1H3. The molecule has 1 saturated heterocycles. The van der Waals surface area contributed by atoms with Crippen molar-refractivity contribution in [3.8, 4) is 0 Å². The van der Waals surface area contributed by atoms with Gasteiger partial charge in [0.2, 0.25) is 6.41 Å². The third-order valence-electron chi connectivity index (χ3n) is 2.70. The highest BCUT2D eigenvalue weighted by atomic mass is 16.3. The SMILES string of the molecule is Cc1ccc(C(=O)N2CCN(C=O)CC2)o1. The molecule has 2 amide bonds. The molecule has 2 heterocycles. The highest BCUT2D eigenvalue weighted by Crippen LogP contribution is 2.11. The number of amides is 2. The molecule has 1 aromatic heterocycles. The Morgan fingerprint density at radius 2 is 2.00 bits per heavy atom. The van der Waals surface area contributed by atoms with Gasteiger partial charge in [0.1, 0.15) is 5.76 Å². The van der Waals surface area contributed by atoms with E-state index in [9.17, 15) is 9.59 Å². The first-order valence-corrected chi connectivity index (χ1v) is 5.26. The molecule has 0 atom stereocenters. The van der Waals surface area contributed by atoms with Crippen LogP contribution < -0.4 is 0 Å². The van der Waals surface area contributed by atoms with Crippen molar-refractivity contribution in [2.75, 3.05) is 26.2 Å². The summed E-state index contributed by atoms with van der Waals surface area (Å²) in [5, 5.41) is 0. The Labute approximate surface area is 93.6 Å². The van der Waals surface area contributed by atoms with E-state index < -0.39 is 0 Å². The van der Waals surface area contributed by atoms with Gasteiger partial charge in [0.15, 0.2) is 5.76 Å². The highest BCUT2D eigenvalue weighted by Gasteiger charge is 2.23. The molecule has 2 rings (SSSR count). The summed E-state index contributed by atoms with van der Waals surface area (Å²) in [5.74, 6) is 1.01. The van der Waals surface area contributed by atoms with Gasteiger partial charge in [-0.25, -0.2) is 0 Å². The third-order valence-corrected chi connectivity index (χ3v) is 2.70. The van der Waals surface area contributed by atoms with E-state index in [4.69, 9.17) is 4.42 Å². The minimum Gasteiger partial charge on any atom is -0.456 e. The average Bonchev–Trinajstić information content (AvgIpc) is 2.75. The molecule has 0 aliphatic carbocycles. The van der Waals surface area contributed by atoms with Crippen molar-refractivity contribution in [3.05, 3.63) is 23.7 Å². The van der Waals surface area contributed by atoms with Crippen molar-refractivity contribution in [3.63, 3.8) is 0 Å². The van der Waals surface area contributed by atoms with Crippen LogP contribution in [0.5, 0.6) is 0 Å². The number of hydrogen-bond acceptors (Lipinski definition) is 3. The molecule has 0 radical (unpaired) electrons. The Morgan fingerprint density at radius 3 is 2.50 bits per heavy atom. The van der Waals surface area contributed by atoms with Crippen molar-refractivity contribution in [2.24, 2.45) is 0 Å². The van der Waals surface area contributed by atoms with Gasteiger partial charge in [-0.15, -0.1) is 0 Å². The van der Waals surface area contributed by atoms with E-state index in [2.05, 4.69) is 0 Å². The lowest BCUT2D eigenvalue weighted by molar-refractivity contribution is -0.119. The largest absolute Gasteiger partial charge is 0.456 e. The number of hydrogen-bond donors (Lipinski definition) is 0. The highest BCUT2D eigenvalue weighted by molar-refractivity contribution is 5.91. The minimum atomic E-state index is -0.0985. The Morgan fingerprint density at radius 1 is 1.31 bits per heavy atom. The fourth-order valence-electron chi connectivity index (χ4n) is 1.74. The Hall–Kier alpha value is -1.78. The lowest BCUT2D eigenvalue weighted by Gasteiger charge is -2.31. The Kier molecular flexibility index (Phi) is 2.94. The van der Waals surface area contributed by atoms with E-state index in [1.165, 1.54) is 0 Å². The summed E-state index contributed by atoms with van der Waals surface area (Å²) in [6.07, 6.45) is 0.818. The number of furan rings is 1. The van der Waals surface area contributed by atoms with Gasteiger partial charge >= 0.3 is 0 Å². The number of aryl methyl sites for hydroxylation is 1. The van der Waals surface area contributed by atoms with Crippen LogP contribution in [0.4, 0.5) is 0 Å². The normalized spacial score (nSPS) is 16.3. The topological polar surface area (TPSA) is 53.8 Å². The zero-order chi connectivity index (χ0) is 11.5. The molecule has 1 aromatic rings. The second-order valence-electron chi connectivity index (χ2n) is 3.84. The molecule has 0 bridgehead atoms. The van der Waals surface area contributed by atoms with Crippen LogP contribution in [0.1, 0.15) is 16.3 Å². The zero-order valence-corrected chi connectivity index (χ0v) is 9.18. The number of rotatable bonds is 2. The summed E-state index contributed by atoms with van der Waals surface area (Å²) in [5.41, 5.74) is 0. The van der Waals surface area contributed by atoms with Gasteiger partial charge in [-0.2, -0.15) is 0 Å². The van der Waals surface area contributed by atoms with E-state index in [-0.39, 0.29) is 5.91 Å². The molecule has 0 spiro atoms. The smallest absolute Gasteiger partial charge is 0.289 e. The number of carbonyl (C=O) groups excluding carboxylic acids is 2. The van der Waals surface area contributed by atoms with E-state index in [1.807, 2.05) is 0 Å². The molecule has 86 valence electrons. The molecule has 5 nitrogen and oxygen atoms in total. The summed E-state index contributed by atoms with van der Waals surface area (Å²) in [7, 11) is 0. The first kappa shape index (κ1) is 10.7. The van der Waals surface area contributed by atoms with E-state index >= 15 is 0 Å². The molecule has 0 N–H and O–H groups in total. The van der Waals surface area contributed by atoms with Crippen LogP contribution in [0.2, 0.25) is 0 Å². The molecule has 0 unspecified atom stereocenters. The Bertz CT molecular complexity index is 392. The third kappa shape index (κ3) is 2.08. The molecular formula is C11H14N2O3. The van der Waals surface area contributed by atoms with E-state index in [0.717, 1.165) is 12.2 Å². The van der Waals surface area contributed by atoms with Crippen LogP contribution in [0.3, 0.4) is 0 Å². The molecule has 0 aromatic carbocycles. The predicted molar refractivity (Wildman–Crippen MR) is 57.0 cm³/mol. The van der Waals surface area contributed by atoms with Crippen LogP contribution in [-0.2, 0) is 4.79 Å². The van der Waals surface area contributed by atoms with E-state index in [0.29, 0.717) is 31.9 Å². The van der Waals surface area contributed by atoms with Gasteiger partial charge in [0.25, 0.3) is 5.91 Å². The van der Waals surface area contributed by atoms with Crippen molar-refractivity contribution >= 4 is 12.3 Å². The molecule has 0 saturated carbocycles. The van der Waals surface area contributed by atoms with Crippen LogP contribution in [0.15, 0.2) is 16.5 Å². The van der Waals surface area contributed by atoms with Gasteiger partial charge in [-0.05, 0) is 19.1 Å². The van der Waals surface area contributed by atoms with Crippen LogP contribution in [-0.4, -0.2) is 48.3 Å². The van der Waals surface area contributed by atoms with Crippen LogP contribution >= 0.6 is 0 Å². The van der Waals surface area contributed by atoms with E-state index in [1.54, 1.807) is 28.9 Å². The van der Waals surface area contributed by atoms with Gasteiger partial charge < -0.3 is 14.2 Å². The number of carbonyl (C=O) groups is 2. The van der Waals surface area contributed by atoms with Crippen LogP contribution in [0, 0.1) is 6.92 Å². The quantitative estimate of drug-likeness (QED) is 0.685. The second-order valence-corrected chi connectivity index (χ2v) is 3.84. The fourth-order valence-corrected chi connectivity index (χ4v) is 1.74. The maximum absolute atomic E-state index is 11.9. The van der Waals surface area contributed by atoms with Crippen molar-refractivity contribution in [1.29, 1.82) is 0 Å². The van der Waals surface area contributed by atoms with Gasteiger partial charge in [-0.3, -0.25) is 9.59 Å². The lowest BCUT2D eigenvalue weighted by atomic mass is 10.3. The summed E-state index contributed by atoms with van der Waals surface area (Å²) < 4.78 is 5.28. The number of piperazine rings is 1. The summed E-state index contributed by atoms with van der Waals surface area (Å²) in [4.78, 5) is 25.8. The lowest BCUT2D eigenvalue weighted by Crippen LogP contribution is -2.48. The zero-order valence-electron chi connectivity index (χ0n) is 9.18. The minimum absolute atomic E-state index is 0.0985. The molecule has 16 heavy (non-hydrogen) atoms. The van der Waals surface area contributed by atoms with Crippen molar-refractivity contribution in [1.82, 2.24) is 9.80 Å². The molecular weight excluding hydrogens is 208 g/mol. The van der Waals surface area contributed by atoms with Gasteiger partial charge in [-0.1, -0.05) is 0 Å². The van der Waals surface area contributed by atoms with Gasteiger partial charge in [0.05, 0.1) is 0 Å². The molecule has 1 aliphatic heterocycles. The summed E-state index contributed by atoms with van der Waals surface area (Å²) in [6.45, 7) is 4.12. The first-order valence-electron chi connectivity index (χ1n) is 5.26. The van der Waals surface area contributed by atoms with Crippen molar-refractivity contribution in [2.45, 2.75) is 6.92 Å². The predicted octanol–water partition coefficient (Wildman–Crippen LogP) is 0.502. The average molecular weight is 222 g/mol. The maximum Gasteiger partial charge on any atom is 0.289 e. The van der Waals surface area contributed by atoms with Gasteiger partial charge in [0, 0.05) is 26.2 Å². The summed E-state index contributed by atoms with van der Waals surface area (Å²) in [6, 6.07) is 3.46. The summed E-state index contributed by atoms with van der Waals surface area (Å²) >= 11 is 0. The molecule has 1 fully saturated rings. The molecule has 5 heteroatoms. The maximum atomic E-state index is 11.9. The fraction of sp³-hybridized carbons (Fsp3) is 0.455. The monoisotopic (exact) mass is 222 g/mol. The second kappa shape index (κ2) is 4.38. The van der Waals surface area contributed by atoms with Crippen LogP contribution in [0.25, 0.3) is 0 Å². The first-order chi connectivity index (χ1) is 7.70. The Balaban J connectivity index is 1.99.